The Kier molecular flexibility index (Phi) is 4.27. The molecular weight excluding hydrogens is 272 g/mol. The van der Waals surface area contributed by atoms with Gasteiger partial charge < -0.3 is 0 Å². The summed E-state index contributed by atoms with van der Waals surface area (Å²) in [6.45, 7) is 0. The van der Waals surface area contributed by atoms with Gasteiger partial charge in [0.2, 0.25) is 0 Å². The number of hydrogen-bond donors (Lipinski definition) is 2. The zero-order valence-electron chi connectivity index (χ0n) is 9.97. The number of halogens is 1. The van der Waals surface area contributed by atoms with Crippen LogP contribution in [0.15, 0.2) is 24.3 Å². The van der Waals surface area contributed by atoms with E-state index in [0.717, 1.165) is 5.56 Å². The van der Waals surface area contributed by atoms with Crippen molar-refractivity contribution in [3.05, 3.63) is 34.9 Å². The van der Waals surface area contributed by atoms with Crippen LogP contribution in [0.4, 0.5) is 0 Å². The lowest BCUT2D eigenvalue weighted by Gasteiger charge is -2.21. The Bertz CT molecular complexity index is 501. The lowest BCUT2D eigenvalue weighted by molar-refractivity contribution is 0.385. The first-order valence-corrected chi connectivity index (χ1v) is 8.11. The van der Waals surface area contributed by atoms with Gasteiger partial charge in [-0.25, -0.2) is 8.42 Å². The molecule has 1 aromatic rings. The Morgan fingerprint density at radius 3 is 2.56 bits per heavy atom. The number of benzene rings is 1. The van der Waals surface area contributed by atoms with E-state index in [2.05, 4.69) is 5.43 Å². The number of nitrogens with two attached hydrogens (primary N) is 1. The van der Waals surface area contributed by atoms with Crippen molar-refractivity contribution in [3.8, 4) is 0 Å². The first kappa shape index (κ1) is 13.8. The Labute approximate surface area is 112 Å². The molecule has 1 heterocycles. The third kappa shape index (κ3) is 3.45. The zero-order valence-corrected chi connectivity index (χ0v) is 11.5. The molecule has 0 saturated carbocycles. The fourth-order valence-electron chi connectivity index (χ4n) is 2.38. The van der Waals surface area contributed by atoms with Crippen molar-refractivity contribution >= 4 is 21.4 Å². The topological polar surface area (TPSA) is 72.2 Å². The van der Waals surface area contributed by atoms with E-state index in [4.69, 9.17) is 17.4 Å². The molecule has 1 fully saturated rings. The molecule has 0 aliphatic carbocycles. The molecule has 1 aromatic carbocycles. The lowest BCUT2D eigenvalue weighted by atomic mass is 9.93. The van der Waals surface area contributed by atoms with E-state index in [9.17, 15) is 8.42 Å². The van der Waals surface area contributed by atoms with E-state index in [1.54, 1.807) is 0 Å². The van der Waals surface area contributed by atoms with E-state index in [-0.39, 0.29) is 23.5 Å². The Morgan fingerprint density at radius 2 is 2.06 bits per heavy atom. The average molecular weight is 289 g/mol. The van der Waals surface area contributed by atoms with Gasteiger partial charge in [-0.05, 0) is 36.5 Å². The number of hydrazine groups is 1. The van der Waals surface area contributed by atoms with Crippen LogP contribution in [0.1, 0.15) is 12.0 Å². The number of sulfone groups is 1. The molecule has 6 heteroatoms. The van der Waals surface area contributed by atoms with Gasteiger partial charge in [-0.2, -0.15) is 0 Å². The van der Waals surface area contributed by atoms with Crippen molar-refractivity contribution in [1.82, 2.24) is 5.43 Å². The molecule has 0 spiro atoms. The molecule has 4 nitrogen and oxygen atoms in total. The second-order valence-corrected chi connectivity index (χ2v) is 7.43. The van der Waals surface area contributed by atoms with E-state index >= 15 is 0 Å². The summed E-state index contributed by atoms with van der Waals surface area (Å²) in [4.78, 5) is 0. The molecule has 1 aliphatic rings. The van der Waals surface area contributed by atoms with Crippen molar-refractivity contribution in [3.63, 3.8) is 0 Å². The standard InChI is InChI=1S/C12H17ClN2O2S/c13-11-3-1-9(2-4-11)7-12(15-14)10-5-6-18(16,17)8-10/h1-4,10,12,15H,5-8,14H2. The summed E-state index contributed by atoms with van der Waals surface area (Å²) >= 11 is 5.83. The minimum atomic E-state index is -2.87. The van der Waals surface area contributed by atoms with Gasteiger partial charge in [0.15, 0.2) is 9.84 Å². The van der Waals surface area contributed by atoms with Crippen LogP contribution >= 0.6 is 11.6 Å². The van der Waals surface area contributed by atoms with Crippen LogP contribution in [0.25, 0.3) is 0 Å². The van der Waals surface area contributed by atoms with Gasteiger partial charge in [0.25, 0.3) is 0 Å². The van der Waals surface area contributed by atoms with Crippen molar-refractivity contribution in [2.45, 2.75) is 18.9 Å². The second-order valence-electron chi connectivity index (χ2n) is 4.77. The Balaban J connectivity index is 2.04. The first-order chi connectivity index (χ1) is 8.50. The highest BCUT2D eigenvalue weighted by Gasteiger charge is 2.33. The molecule has 1 aliphatic heterocycles. The minimum Gasteiger partial charge on any atom is -0.271 e. The summed E-state index contributed by atoms with van der Waals surface area (Å²) in [6.07, 6.45) is 1.40. The van der Waals surface area contributed by atoms with Crippen LogP contribution in [0.2, 0.25) is 5.02 Å². The first-order valence-electron chi connectivity index (χ1n) is 5.91. The smallest absolute Gasteiger partial charge is 0.150 e. The molecule has 3 N–H and O–H groups in total. The maximum Gasteiger partial charge on any atom is 0.150 e. The van der Waals surface area contributed by atoms with Crippen LogP contribution in [0, 0.1) is 5.92 Å². The molecule has 0 aromatic heterocycles. The SMILES string of the molecule is NNC(Cc1ccc(Cl)cc1)C1CCS(=O)(=O)C1. The highest BCUT2D eigenvalue weighted by Crippen LogP contribution is 2.24. The number of hydrogen-bond acceptors (Lipinski definition) is 4. The molecule has 0 bridgehead atoms. The van der Waals surface area contributed by atoms with Crippen molar-refractivity contribution in [2.75, 3.05) is 11.5 Å². The predicted octanol–water partition coefficient (Wildman–Crippen LogP) is 1.15. The van der Waals surface area contributed by atoms with Crippen LogP contribution < -0.4 is 11.3 Å². The summed E-state index contributed by atoms with van der Waals surface area (Å²) in [5, 5.41) is 0.694. The minimum absolute atomic E-state index is 0.0107. The normalized spacial score (nSPS) is 24.0. The maximum absolute atomic E-state index is 11.5. The molecular formula is C12H17ClN2O2S. The summed E-state index contributed by atoms with van der Waals surface area (Å²) in [5.74, 6) is 6.15. The highest BCUT2D eigenvalue weighted by atomic mass is 35.5. The molecule has 0 radical (unpaired) electrons. The van der Waals surface area contributed by atoms with Crippen molar-refractivity contribution in [1.29, 1.82) is 0 Å². The van der Waals surface area contributed by atoms with Crippen LogP contribution in [0.5, 0.6) is 0 Å². The van der Waals surface area contributed by atoms with Gasteiger partial charge in [-0.3, -0.25) is 11.3 Å². The molecule has 18 heavy (non-hydrogen) atoms. The second kappa shape index (κ2) is 5.57. The number of rotatable bonds is 4. The highest BCUT2D eigenvalue weighted by molar-refractivity contribution is 7.91. The largest absolute Gasteiger partial charge is 0.271 e. The van der Waals surface area contributed by atoms with Crippen molar-refractivity contribution in [2.24, 2.45) is 11.8 Å². The Hall–Kier alpha value is -0.620. The quantitative estimate of drug-likeness (QED) is 0.644. The summed E-state index contributed by atoms with van der Waals surface area (Å²) in [7, 11) is -2.87. The zero-order chi connectivity index (χ0) is 13.2. The third-order valence-corrected chi connectivity index (χ3v) is 5.47. The van der Waals surface area contributed by atoms with Crippen LogP contribution in [-0.2, 0) is 16.3 Å². The van der Waals surface area contributed by atoms with Gasteiger partial charge in [-0.1, -0.05) is 23.7 Å². The maximum atomic E-state index is 11.5. The monoisotopic (exact) mass is 288 g/mol. The summed E-state index contributed by atoms with van der Waals surface area (Å²) < 4.78 is 22.9. The molecule has 2 unspecified atom stereocenters. The lowest BCUT2D eigenvalue weighted by Crippen LogP contribution is -2.43. The van der Waals surface area contributed by atoms with Gasteiger partial charge in [0.05, 0.1) is 11.5 Å². The third-order valence-electron chi connectivity index (χ3n) is 3.42. The van der Waals surface area contributed by atoms with Crippen molar-refractivity contribution < 1.29 is 8.42 Å². The molecule has 2 atom stereocenters. The van der Waals surface area contributed by atoms with Gasteiger partial charge >= 0.3 is 0 Å². The molecule has 2 rings (SSSR count). The fraction of sp³-hybridized carbons (Fsp3) is 0.500. The fourth-order valence-corrected chi connectivity index (χ4v) is 4.38. The van der Waals surface area contributed by atoms with E-state index in [1.165, 1.54) is 0 Å². The van der Waals surface area contributed by atoms with Gasteiger partial charge in [0.1, 0.15) is 0 Å². The van der Waals surface area contributed by atoms with Gasteiger partial charge in [0, 0.05) is 11.1 Å². The van der Waals surface area contributed by atoms with E-state index in [0.29, 0.717) is 17.9 Å². The predicted molar refractivity (Wildman–Crippen MR) is 73.0 cm³/mol. The number of nitrogens with one attached hydrogen (secondary N) is 1. The Morgan fingerprint density at radius 1 is 1.39 bits per heavy atom. The summed E-state index contributed by atoms with van der Waals surface area (Å²) in [5.41, 5.74) is 3.85. The average Bonchev–Trinajstić information content (AvgIpc) is 2.69. The molecule has 0 amide bonds. The van der Waals surface area contributed by atoms with Gasteiger partial charge in [-0.15, -0.1) is 0 Å². The summed E-state index contributed by atoms with van der Waals surface area (Å²) in [6, 6.07) is 7.53. The van der Waals surface area contributed by atoms with E-state index < -0.39 is 9.84 Å². The van der Waals surface area contributed by atoms with E-state index in [1.807, 2.05) is 24.3 Å². The molecule has 100 valence electrons. The molecule has 1 saturated heterocycles. The van der Waals surface area contributed by atoms with Crippen LogP contribution in [-0.4, -0.2) is 26.0 Å². The van der Waals surface area contributed by atoms with Crippen LogP contribution in [0.3, 0.4) is 0 Å².